The molecule has 0 atom stereocenters. The third kappa shape index (κ3) is 3.04. The molecule has 0 bridgehead atoms. The fraction of sp³-hybridized carbons (Fsp3) is 0.0667. The quantitative estimate of drug-likeness (QED) is 0.490. The molecule has 0 saturated heterocycles. The molecule has 0 aliphatic heterocycles. The summed E-state index contributed by atoms with van der Waals surface area (Å²) < 4.78 is 4.59. The van der Waals surface area contributed by atoms with Crippen LogP contribution in [0.25, 0.3) is 11.1 Å². The summed E-state index contributed by atoms with van der Waals surface area (Å²) in [5.41, 5.74) is 1.39. The molecular formula is C15H10N2O4. The zero-order chi connectivity index (χ0) is 15.4. The van der Waals surface area contributed by atoms with Gasteiger partial charge in [-0.15, -0.1) is 0 Å². The van der Waals surface area contributed by atoms with Crippen molar-refractivity contribution in [1.82, 2.24) is 0 Å². The number of nitro groups is 1. The van der Waals surface area contributed by atoms with E-state index in [-0.39, 0.29) is 11.3 Å². The van der Waals surface area contributed by atoms with E-state index in [0.717, 1.165) is 6.07 Å². The number of ether oxygens (including phenoxy) is 1. The maximum absolute atomic E-state index is 11.6. The molecule has 2 rings (SSSR count). The number of carbonyl (C=O) groups excluding carboxylic acids is 1. The van der Waals surface area contributed by atoms with Crippen molar-refractivity contribution >= 4 is 11.7 Å². The molecule has 0 spiro atoms. The molecule has 2 aromatic carbocycles. The van der Waals surface area contributed by atoms with Crippen molar-refractivity contribution in [3.05, 3.63) is 63.7 Å². The van der Waals surface area contributed by atoms with Crippen LogP contribution in [0.15, 0.2) is 42.5 Å². The Bertz CT molecular complexity index is 763. The molecule has 6 nitrogen and oxygen atoms in total. The van der Waals surface area contributed by atoms with Gasteiger partial charge < -0.3 is 4.74 Å². The third-order valence-electron chi connectivity index (χ3n) is 2.87. The lowest BCUT2D eigenvalue weighted by Gasteiger charge is -2.05. The van der Waals surface area contributed by atoms with Crippen LogP contribution < -0.4 is 0 Å². The van der Waals surface area contributed by atoms with Crippen LogP contribution in [0, 0.1) is 21.4 Å². The molecule has 0 aromatic heterocycles. The summed E-state index contributed by atoms with van der Waals surface area (Å²) in [5, 5.41) is 19.9. The van der Waals surface area contributed by atoms with Gasteiger partial charge in [0, 0.05) is 12.1 Å². The van der Waals surface area contributed by atoms with Crippen LogP contribution in [-0.4, -0.2) is 18.0 Å². The molecule has 0 radical (unpaired) electrons. The second kappa shape index (κ2) is 5.84. The van der Waals surface area contributed by atoms with Crippen molar-refractivity contribution in [3.8, 4) is 17.2 Å². The Balaban J connectivity index is 2.62. The fourth-order valence-corrected chi connectivity index (χ4v) is 1.89. The Morgan fingerprint density at radius 1 is 1.24 bits per heavy atom. The highest BCUT2D eigenvalue weighted by molar-refractivity contribution is 5.92. The van der Waals surface area contributed by atoms with Crippen molar-refractivity contribution in [3.63, 3.8) is 0 Å². The van der Waals surface area contributed by atoms with E-state index in [1.807, 2.05) is 6.07 Å². The first-order valence-corrected chi connectivity index (χ1v) is 5.93. The zero-order valence-corrected chi connectivity index (χ0v) is 11.1. The minimum atomic E-state index is -0.656. The van der Waals surface area contributed by atoms with Crippen molar-refractivity contribution < 1.29 is 14.5 Å². The topological polar surface area (TPSA) is 93.2 Å². The maximum atomic E-state index is 11.6. The van der Waals surface area contributed by atoms with E-state index in [4.69, 9.17) is 5.26 Å². The first-order chi connectivity index (χ1) is 10.0. The van der Waals surface area contributed by atoms with Gasteiger partial charge in [0.05, 0.1) is 29.2 Å². The van der Waals surface area contributed by atoms with Gasteiger partial charge in [-0.05, 0) is 29.3 Å². The molecule has 21 heavy (non-hydrogen) atoms. The Morgan fingerprint density at radius 2 is 2.00 bits per heavy atom. The van der Waals surface area contributed by atoms with Crippen molar-refractivity contribution in [2.45, 2.75) is 0 Å². The van der Waals surface area contributed by atoms with Crippen LogP contribution in [0.1, 0.15) is 15.9 Å². The normalized spacial score (nSPS) is 9.71. The van der Waals surface area contributed by atoms with E-state index in [1.165, 1.54) is 19.2 Å². The van der Waals surface area contributed by atoms with Gasteiger partial charge in [0.2, 0.25) is 0 Å². The van der Waals surface area contributed by atoms with Gasteiger partial charge >= 0.3 is 5.97 Å². The molecule has 0 aliphatic carbocycles. The minimum Gasteiger partial charge on any atom is -0.465 e. The summed E-state index contributed by atoms with van der Waals surface area (Å²) in [6.45, 7) is 0. The van der Waals surface area contributed by atoms with Crippen molar-refractivity contribution in [1.29, 1.82) is 5.26 Å². The molecule has 104 valence electrons. The molecule has 0 amide bonds. The Hall–Kier alpha value is -3.20. The summed E-state index contributed by atoms with van der Waals surface area (Å²) >= 11 is 0. The van der Waals surface area contributed by atoms with Gasteiger partial charge in [0.25, 0.3) is 5.69 Å². The number of carbonyl (C=O) groups is 1. The summed E-state index contributed by atoms with van der Waals surface area (Å²) in [6.07, 6.45) is 0. The van der Waals surface area contributed by atoms with Crippen LogP contribution in [0.4, 0.5) is 5.69 Å². The third-order valence-corrected chi connectivity index (χ3v) is 2.87. The van der Waals surface area contributed by atoms with Crippen molar-refractivity contribution in [2.24, 2.45) is 0 Å². The van der Waals surface area contributed by atoms with Gasteiger partial charge in [0.15, 0.2) is 0 Å². The Kier molecular flexibility index (Phi) is 3.95. The van der Waals surface area contributed by atoms with Gasteiger partial charge in [-0.1, -0.05) is 12.1 Å². The number of hydrogen-bond acceptors (Lipinski definition) is 5. The van der Waals surface area contributed by atoms with Crippen LogP contribution in [0.2, 0.25) is 0 Å². The summed E-state index contributed by atoms with van der Waals surface area (Å²) in [5.74, 6) is -0.656. The molecule has 0 aliphatic rings. The first-order valence-electron chi connectivity index (χ1n) is 5.93. The molecule has 6 heteroatoms. The number of non-ortho nitro benzene ring substituents is 1. The standard InChI is InChI=1S/C15H10N2O4/c1-21-15(18)13-6-12(7-14(8-13)17(19)20)11-4-2-3-10(5-11)9-16/h2-8H,1H3. The van der Waals surface area contributed by atoms with E-state index in [9.17, 15) is 14.9 Å². The second-order valence-corrected chi connectivity index (χ2v) is 4.21. The van der Waals surface area contributed by atoms with E-state index in [2.05, 4.69) is 4.74 Å². The number of benzene rings is 2. The summed E-state index contributed by atoms with van der Waals surface area (Å²) in [7, 11) is 1.21. The molecule has 0 saturated carbocycles. The van der Waals surface area contributed by atoms with E-state index in [1.54, 1.807) is 24.3 Å². The average molecular weight is 282 g/mol. The minimum absolute atomic E-state index is 0.0871. The largest absolute Gasteiger partial charge is 0.465 e. The highest BCUT2D eigenvalue weighted by atomic mass is 16.6. The SMILES string of the molecule is COC(=O)c1cc(-c2cccc(C#N)c2)cc([N+](=O)[O-])c1. The molecule has 2 aromatic rings. The maximum Gasteiger partial charge on any atom is 0.338 e. The number of nitro benzene ring substituents is 1. The van der Waals surface area contributed by atoms with E-state index in [0.29, 0.717) is 16.7 Å². The lowest BCUT2D eigenvalue weighted by molar-refractivity contribution is -0.384. The Labute approximate surface area is 120 Å². The lowest BCUT2D eigenvalue weighted by Crippen LogP contribution is -2.02. The predicted octanol–water partition coefficient (Wildman–Crippen LogP) is 2.92. The molecule has 0 fully saturated rings. The van der Waals surface area contributed by atoms with Gasteiger partial charge in [-0.25, -0.2) is 4.79 Å². The number of nitrogens with zero attached hydrogens (tertiary/aromatic N) is 2. The number of hydrogen-bond donors (Lipinski definition) is 0. The molecule has 0 unspecified atom stereocenters. The molecule has 0 heterocycles. The van der Waals surface area contributed by atoms with Gasteiger partial charge in [-0.2, -0.15) is 5.26 Å². The zero-order valence-electron chi connectivity index (χ0n) is 11.1. The number of esters is 1. The average Bonchev–Trinajstić information content (AvgIpc) is 2.53. The van der Waals surface area contributed by atoms with Gasteiger partial charge in [0.1, 0.15) is 0 Å². The Morgan fingerprint density at radius 3 is 2.62 bits per heavy atom. The summed E-state index contributed by atoms with van der Waals surface area (Å²) in [4.78, 5) is 22.0. The lowest BCUT2D eigenvalue weighted by atomic mass is 10.0. The summed E-state index contributed by atoms with van der Waals surface area (Å²) in [6, 6.07) is 12.6. The van der Waals surface area contributed by atoms with Crippen LogP contribution in [-0.2, 0) is 4.74 Å². The monoisotopic (exact) mass is 282 g/mol. The van der Waals surface area contributed by atoms with E-state index >= 15 is 0 Å². The second-order valence-electron chi connectivity index (χ2n) is 4.21. The van der Waals surface area contributed by atoms with Crippen LogP contribution >= 0.6 is 0 Å². The molecule has 0 N–H and O–H groups in total. The highest BCUT2D eigenvalue weighted by Gasteiger charge is 2.15. The number of nitriles is 1. The fourth-order valence-electron chi connectivity index (χ4n) is 1.89. The van der Waals surface area contributed by atoms with Gasteiger partial charge in [-0.3, -0.25) is 10.1 Å². The van der Waals surface area contributed by atoms with Crippen molar-refractivity contribution in [2.75, 3.05) is 7.11 Å². The van der Waals surface area contributed by atoms with Crippen LogP contribution in [0.5, 0.6) is 0 Å². The first kappa shape index (κ1) is 14.2. The van der Waals surface area contributed by atoms with Crippen LogP contribution in [0.3, 0.4) is 0 Å². The van der Waals surface area contributed by atoms with E-state index < -0.39 is 10.9 Å². The molecular weight excluding hydrogens is 272 g/mol. The predicted molar refractivity (Wildman–Crippen MR) is 74.6 cm³/mol. The smallest absolute Gasteiger partial charge is 0.338 e. The number of rotatable bonds is 3. The number of methoxy groups -OCH3 is 1. The highest BCUT2D eigenvalue weighted by Crippen LogP contribution is 2.27.